The van der Waals surface area contributed by atoms with Crippen molar-refractivity contribution in [1.82, 2.24) is 10.2 Å². The first kappa shape index (κ1) is 13.4. The second-order valence-electron chi connectivity index (χ2n) is 4.91. The minimum atomic E-state index is 0.570. The molecule has 106 valence electrons. The zero-order valence-corrected chi connectivity index (χ0v) is 11.9. The number of anilines is 1. The third-order valence-corrected chi connectivity index (χ3v) is 3.21. The SMILES string of the molecule is Cc1ccc(NCCc2nnc(-c3ccccc3)o2)cc1. The number of hydrogen-bond donors (Lipinski definition) is 1. The van der Waals surface area contributed by atoms with E-state index in [1.54, 1.807) is 0 Å². The van der Waals surface area contributed by atoms with Crippen molar-refractivity contribution in [2.45, 2.75) is 13.3 Å². The first-order valence-electron chi connectivity index (χ1n) is 6.99. The van der Waals surface area contributed by atoms with Gasteiger partial charge in [-0.15, -0.1) is 10.2 Å². The van der Waals surface area contributed by atoms with Crippen molar-refractivity contribution in [3.05, 3.63) is 66.1 Å². The largest absolute Gasteiger partial charge is 0.421 e. The Labute approximate surface area is 123 Å². The van der Waals surface area contributed by atoms with Gasteiger partial charge in [0.25, 0.3) is 0 Å². The lowest BCUT2D eigenvalue weighted by molar-refractivity contribution is 0.509. The third-order valence-electron chi connectivity index (χ3n) is 3.21. The van der Waals surface area contributed by atoms with Crippen LogP contribution in [0.25, 0.3) is 11.5 Å². The molecule has 0 fully saturated rings. The lowest BCUT2D eigenvalue weighted by atomic mass is 10.2. The summed E-state index contributed by atoms with van der Waals surface area (Å²) in [7, 11) is 0. The highest BCUT2D eigenvalue weighted by Crippen LogP contribution is 2.17. The molecule has 0 saturated carbocycles. The van der Waals surface area contributed by atoms with Gasteiger partial charge in [-0.3, -0.25) is 0 Å². The molecule has 4 heteroatoms. The number of nitrogens with zero attached hydrogens (tertiary/aromatic N) is 2. The highest BCUT2D eigenvalue weighted by molar-refractivity contribution is 5.51. The van der Waals surface area contributed by atoms with Gasteiger partial charge < -0.3 is 9.73 Å². The van der Waals surface area contributed by atoms with Gasteiger partial charge in [0, 0.05) is 24.2 Å². The van der Waals surface area contributed by atoms with Crippen LogP contribution in [0.2, 0.25) is 0 Å². The molecule has 4 nitrogen and oxygen atoms in total. The maximum Gasteiger partial charge on any atom is 0.247 e. The Morgan fingerprint density at radius 3 is 2.48 bits per heavy atom. The van der Waals surface area contributed by atoms with Crippen LogP contribution in [0.4, 0.5) is 5.69 Å². The smallest absolute Gasteiger partial charge is 0.247 e. The van der Waals surface area contributed by atoms with E-state index < -0.39 is 0 Å². The molecule has 1 N–H and O–H groups in total. The average Bonchev–Trinajstić information content (AvgIpc) is 2.99. The van der Waals surface area contributed by atoms with E-state index in [0.717, 1.165) is 17.8 Å². The minimum Gasteiger partial charge on any atom is -0.421 e. The maximum atomic E-state index is 5.66. The van der Waals surface area contributed by atoms with Crippen molar-refractivity contribution >= 4 is 5.69 Å². The Morgan fingerprint density at radius 1 is 0.952 bits per heavy atom. The van der Waals surface area contributed by atoms with E-state index in [1.165, 1.54) is 5.56 Å². The van der Waals surface area contributed by atoms with Crippen LogP contribution in [0, 0.1) is 6.92 Å². The van der Waals surface area contributed by atoms with Crippen LogP contribution < -0.4 is 5.32 Å². The van der Waals surface area contributed by atoms with Gasteiger partial charge in [0.15, 0.2) is 0 Å². The molecule has 0 aliphatic carbocycles. The van der Waals surface area contributed by atoms with E-state index in [1.807, 2.05) is 30.3 Å². The van der Waals surface area contributed by atoms with Gasteiger partial charge in [-0.2, -0.15) is 0 Å². The van der Waals surface area contributed by atoms with Crippen LogP contribution in [0.3, 0.4) is 0 Å². The van der Waals surface area contributed by atoms with Gasteiger partial charge >= 0.3 is 0 Å². The van der Waals surface area contributed by atoms with E-state index in [2.05, 4.69) is 46.7 Å². The van der Waals surface area contributed by atoms with E-state index in [4.69, 9.17) is 4.42 Å². The van der Waals surface area contributed by atoms with Gasteiger partial charge in [0.05, 0.1) is 0 Å². The maximum absolute atomic E-state index is 5.66. The normalized spacial score (nSPS) is 10.5. The molecule has 1 heterocycles. The van der Waals surface area contributed by atoms with Crippen molar-refractivity contribution < 1.29 is 4.42 Å². The quantitative estimate of drug-likeness (QED) is 0.773. The van der Waals surface area contributed by atoms with E-state index in [0.29, 0.717) is 18.2 Å². The summed E-state index contributed by atoms with van der Waals surface area (Å²) in [6.07, 6.45) is 0.702. The van der Waals surface area contributed by atoms with Crippen LogP contribution in [0.1, 0.15) is 11.5 Å². The molecule has 0 radical (unpaired) electrons. The number of aromatic nitrogens is 2. The summed E-state index contributed by atoms with van der Waals surface area (Å²) in [4.78, 5) is 0. The molecule has 21 heavy (non-hydrogen) atoms. The molecule has 0 aliphatic heterocycles. The highest BCUT2D eigenvalue weighted by Gasteiger charge is 2.07. The number of nitrogens with one attached hydrogen (secondary N) is 1. The van der Waals surface area contributed by atoms with Crippen LogP contribution in [-0.4, -0.2) is 16.7 Å². The molecule has 0 spiro atoms. The summed E-state index contributed by atoms with van der Waals surface area (Å²) < 4.78 is 5.66. The van der Waals surface area contributed by atoms with E-state index in [9.17, 15) is 0 Å². The molecule has 1 aromatic heterocycles. The first-order chi connectivity index (χ1) is 10.3. The Balaban J connectivity index is 1.57. The predicted molar refractivity (Wildman–Crippen MR) is 83.1 cm³/mol. The second-order valence-corrected chi connectivity index (χ2v) is 4.91. The highest BCUT2D eigenvalue weighted by atomic mass is 16.4. The number of rotatable bonds is 5. The van der Waals surface area contributed by atoms with Crippen molar-refractivity contribution in [2.75, 3.05) is 11.9 Å². The lowest BCUT2D eigenvalue weighted by Gasteiger charge is -2.04. The summed E-state index contributed by atoms with van der Waals surface area (Å²) >= 11 is 0. The molecule has 0 saturated heterocycles. The summed E-state index contributed by atoms with van der Waals surface area (Å²) in [5.74, 6) is 1.22. The van der Waals surface area contributed by atoms with Gasteiger partial charge in [-0.25, -0.2) is 0 Å². The van der Waals surface area contributed by atoms with Crippen LogP contribution in [0.5, 0.6) is 0 Å². The fourth-order valence-electron chi connectivity index (χ4n) is 2.04. The van der Waals surface area contributed by atoms with Gasteiger partial charge in [0.2, 0.25) is 11.8 Å². The molecule has 3 aromatic rings. The van der Waals surface area contributed by atoms with E-state index >= 15 is 0 Å². The molecule has 0 unspecified atom stereocenters. The predicted octanol–water partition coefficient (Wildman–Crippen LogP) is 3.70. The van der Waals surface area contributed by atoms with Crippen LogP contribution >= 0.6 is 0 Å². The van der Waals surface area contributed by atoms with Crippen molar-refractivity contribution in [2.24, 2.45) is 0 Å². The topological polar surface area (TPSA) is 51.0 Å². The number of hydrogen-bond acceptors (Lipinski definition) is 4. The Morgan fingerprint density at radius 2 is 1.71 bits per heavy atom. The van der Waals surface area contributed by atoms with Crippen molar-refractivity contribution in [3.63, 3.8) is 0 Å². The minimum absolute atomic E-state index is 0.570. The van der Waals surface area contributed by atoms with Crippen LogP contribution in [0.15, 0.2) is 59.0 Å². The monoisotopic (exact) mass is 279 g/mol. The van der Waals surface area contributed by atoms with Gasteiger partial charge in [-0.1, -0.05) is 35.9 Å². The number of benzene rings is 2. The van der Waals surface area contributed by atoms with Crippen molar-refractivity contribution in [1.29, 1.82) is 0 Å². The average molecular weight is 279 g/mol. The Bertz CT molecular complexity index is 690. The summed E-state index contributed by atoms with van der Waals surface area (Å²) in [6, 6.07) is 18.1. The molecule has 0 amide bonds. The molecular formula is C17H17N3O. The number of aryl methyl sites for hydroxylation is 1. The summed E-state index contributed by atoms with van der Waals surface area (Å²) in [5.41, 5.74) is 3.30. The molecule has 0 atom stereocenters. The molecule has 0 aliphatic rings. The summed E-state index contributed by atoms with van der Waals surface area (Å²) in [5, 5.41) is 11.5. The molecular weight excluding hydrogens is 262 g/mol. The standard InChI is InChI=1S/C17H17N3O/c1-13-7-9-15(10-8-13)18-12-11-16-19-20-17(21-16)14-5-3-2-4-6-14/h2-10,18H,11-12H2,1H3. The molecule has 2 aromatic carbocycles. The third kappa shape index (κ3) is 3.48. The van der Waals surface area contributed by atoms with E-state index in [-0.39, 0.29) is 0 Å². The fraction of sp³-hybridized carbons (Fsp3) is 0.176. The Hall–Kier alpha value is -2.62. The summed E-state index contributed by atoms with van der Waals surface area (Å²) in [6.45, 7) is 2.84. The van der Waals surface area contributed by atoms with Crippen molar-refractivity contribution in [3.8, 4) is 11.5 Å². The fourth-order valence-corrected chi connectivity index (χ4v) is 2.04. The first-order valence-corrected chi connectivity index (χ1v) is 6.99. The molecule has 0 bridgehead atoms. The second kappa shape index (κ2) is 6.22. The zero-order chi connectivity index (χ0) is 14.5. The zero-order valence-electron chi connectivity index (χ0n) is 11.9. The molecule has 3 rings (SSSR count). The van der Waals surface area contributed by atoms with Gasteiger partial charge in [0.1, 0.15) is 0 Å². The lowest BCUT2D eigenvalue weighted by Crippen LogP contribution is -2.04. The van der Waals surface area contributed by atoms with Crippen LogP contribution in [-0.2, 0) is 6.42 Å². The van der Waals surface area contributed by atoms with Gasteiger partial charge in [-0.05, 0) is 31.2 Å². The Kier molecular flexibility index (Phi) is 3.96.